The second kappa shape index (κ2) is 4.11. The van der Waals surface area contributed by atoms with E-state index in [1.807, 2.05) is 25.1 Å². The van der Waals surface area contributed by atoms with Crippen LogP contribution in [0.3, 0.4) is 0 Å². The van der Waals surface area contributed by atoms with Gasteiger partial charge in [-0.05, 0) is 23.2 Å². The first kappa shape index (κ1) is 9.68. The molecule has 1 aliphatic rings. The van der Waals surface area contributed by atoms with E-state index in [1.165, 1.54) is 0 Å². The van der Waals surface area contributed by atoms with E-state index in [0.29, 0.717) is 13.2 Å². The minimum absolute atomic E-state index is 0.189. The van der Waals surface area contributed by atoms with Crippen molar-refractivity contribution in [2.45, 2.75) is 13.0 Å². The molecule has 0 fully saturated rings. The van der Waals surface area contributed by atoms with Crippen molar-refractivity contribution in [2.24, 2.45) is 5.11 Å². The van der Waals surface area contributed by atoms with Crippen molar-refractivity contribution in [1.29, 1.82) is 0 Å². The number of fused-ring (bicyclic) bond motifs is 1. The predicted octanol–water partition coefficient (Wildman–Crippen LogP) is 2.83. The van der Waals surface area contributed by atoms with Crippen LogP contribution in [-0.4, -0.2) is 13.2 Å². The Balaban J connectivity index is 2.31. The lowest BCUT2D eigenvalue weighted by atomic mass is 10.1. The van der Waals surface area contributed by atoms with Gasteiger partial charge in [0.2, 0.25) is 0 Å². The normalized spacial score (nSPS) is 15.3. The van der Waals surface area contributed by atoms with Crippen molar-refractivity contribution in [3.05, 3.63) is 34.2 Å². The summed E-state index contributed by atoms with van der Waals surface area (Å²) in [5.74, 6) is 1.47. The zero-order valence-corrected chi connectivity index (χ0v) is 8.38. The minimum Gasteiger partial charge on any atom is -0.486 e. The van der Waals surface area contributed by atoms with Crippen LogP contribution in [0.4, 0.5) is 0 Å². The van der Waals surface area contributed by atoms with Crippen molar-refractivity contribution < 1.29 is 9.47 Å². The fourth-order valence-electron chi connectivity index (χ4n) is 1.46. The molecule has 1 heterocycles. The van der Waals surface area contributed by atoms with Gasteiger partial charge in [-0.2, -0.15) is 0 Å². The van der Waals surface area contributed by atoms with Gasteiger partial charge in [0.1, 0.15) is 13.2 Å². The molecule has 0 radical (unpaired) electrons. The molecular weight excluding hydrogens is 194 g/mol. The van der Waals surface area contributed by atoms with Crippen LogP contribution in [0.2, 0.25) is 0 Å². The molecule has 15 heavy (non-hydrogen) atoms. The van der Waals surface area contributed by atoms with E-state index in [-0.39, 0.29) is 6.04 Å². The average Bonchev–Trinajstić information content (AvgIpc) is 2.29. The summed E-state index contributed by atoms with van der Waals surface area (Å²) < 4.78 is 10.8. The summed E-state index contributed by atoms with van der Waals surface area (Å²) in [5, 5.41) is 3.63. The highest BCUT2D eigenvalue weighted by Crippen LogP contribution is 2.33. The molecule has 1 aromatic carbocycles. The highest BCUT2D eigenvalue weighted by atomic mass is 16.6. The highest BCUT2D eigenvalue weighted by Gasteiger charge is 2.13. The molecule has 0 unspecified atom stereocenters. The third-order valence-corrected chi connectivity index (χ3v) is 2.27. The third-order valence-electron chi connectivity index (χ3n) is 2.27. The maximum absolute atomic E-state index is 8.34. The van der Waals surface area contributed by atoms with Crippen molar-refractivity contribution in [3.63, 3.8) is 0 Å². The second-order valence-electron chi connectivity index (χ2n) is 3.28. The maximum atomic E-state index is 8.34. The van der Waals surface area contributed by atoms with Gasteiger partial charge in [0.25, 0.3) is 0 Å². The Morgan fingerprint density at radius 2 is 2.07 bits per heavy atom. The Hall–Kier alpha value is -1.87. The van der Waals surface area contributed by atoms with Gasteiger partial charge >= 0.3 is 0 Å². The molecule has 0 amide bonds. The van der Waals surface area contributed by atoms with Crippen LogP contribution in [0.1, 0.15) is 18.5 Å². The standard InChI is InChI=1S/C10H11N3O2/c1-7(12-13-11)8-2-3-9-10(6-8)15-5-4-14-9/h2-3,6-7H,4-5H2,1H3/t7-/m1/s1. The molecule has 1 aromatic rings. The molecule has 2 rings (SSSR count). The van der Waals surface area contributed by atoms with Crippen LogP contribution in [0.5, 0.6) is 11.5 Å². The zero-order chi connectivity index (χ0) is 10.7. The van der Waals surface area contributed by atoms with Crippen LogP contribution in [0.15, 0.2) is 23.3 Å². The number of nitrogens with zero attached hydrogens (tertiary/aromatic N) is 3. The van der Waals surface area contributed by atoms with Crippen molar-refractivity contribution in [3.8, 4) is 11.5 Å². The summed E-state index contributed by atoms with van der Waals surface area (Å²) in [6.07, 6.45) is 0. The predicted molar refractivity (Wildman–Crippen MR) is 55.0 cm³/mol. The Morgan fingerprint density at radius 1 is 1.33 bits per heavy atom. The topological polar surface area (TPSA) is 67.2 Å². The highest BCUT2D eigenvalue weighted by molar-refractivity contribution is 5.44. The Bertz CT molecular complexity index is 413. The van der Waals surface area contributed by atoms with Crippen molar-refractivity contribution in [2.75, 3.05) is 13.2 Å². The Kier molecular flexibility index (Phi) is 2.65. The number of hydrogen-bond donors (Lipinski definition) is 0. The second-order valence-corrected chi connectivity index (χ2v) is 3.28. The summed E-state index contributed by atoms with van der Waals surface area (Å²) in [6, 6.07) is 5.39. The van der Waals surface area contributed by atoms with E-state index in [0.717, 1.165) is 17.1 Å². The lowest BCUT2D eigenvalue weighted by Crippen LogP contribution is -2.15. The van der Waals surface area contributed by atoms with Gasteiger partial charge < -0.3 is 9.47 Å². The van der Waals surface area contributed by atoms with Gasteiger partial charge in [0.05, 0.1) is 6.04 Å². The van der Waals surface area contributed by atoms with Crippen LogP contribution in [0.25, 0.3) is 10.4 Å². The van der Waals surface area contributed by atoms with Gasteiger partial charge in [-0.15, -0.1) is 0 Å². The monoisotopic (exact) mass is 205 g/mol. The molecule has 0 spiro atoms. The summed E-state index contributed by atoms with van der Waals surface area (Å²) in [4.78, 5) is 2.78. The van der Waals surface area contributed by atoms with Crippen LogP contribution in [0, 0.1) is 0 Å². The minimum atomic E-state index is -0.189. The lowest BCUT2D eigenvalue weighted by Gasteiger charge is -2.19. The van der Waals surface area contributed by atoms with Crippen LogP contribution in [-0.2, 0) is 0 Å². The van der Waals surface area contributed by atoms with Gasteiger partial charge in [-0.25, -0.2) is 0 Å². The van der Waals surface area contributed by atoms with E-state index in [4.69, 9.17) is 15.0 Å². The molecule has 5 heteroatoms. The van der Waals surface area contributed by atoms with Gasteiger partial charge in [0.15, 0.2) is 11.5 Å². The first-order valence-electron chi connectivity index (χ1n) is 4.75. The molecule has 0 saturated heterocycles. The molecule has 5 nitrogen and oxygen atoms in total. The molecule has 0 aliphatic carbocycles. The van der Waals surface area contributed by atoms with E-state index >= 15 is 0 Å². The van der Waals surface area contributed by atoms with Crippen LogP contribution < -0.4 is 9.47 Å². The molecule has 1 atom stereocenters. The summed E-state index contributed by atoms with van der Waals surface area (Å²) in [6.45, 7) is 2.98. The quantitative estimate of drug-likeness (QED) is 0.423. The SMILES string of the molecule is C[C@@H](N=[N+]=[N-])c1ccc2c(c1)OCCO2. The average molecular weight is 205 g/mol. The smallest absolute Gasteiger partial charge is 0.161 e. The molecule has 1 aliphatic heterocycles. The van der Waals surface area contributed by atoms with E-state index < -0.39 is 0 Å². The number of rotatable bonds is 2. The number of ether oxygens (including phenoxy) is 2. The van der Waals surface area contributed by atoms with E-state index in [9.17, 15) is 0 Å². The Labute approximate surface area is 87.2 Å². The van der Waals surface area contributed by atoms with Crippen molar-refractivity contribution >= 4 is 0 Å². The molecule has 78 valence electrons. The zero-order valence-electron chi connectivity index (χ0n) is 8.38. The third kappa shape index (κ3) is 1.97. The van der Waals surface area contributed by atoms with E-state index in [2.05, 4.69) is 10.0 Å². The molecular formula is C10H11N3O2. The largest absolute Gasteiger partial charge is 0.486 e. The number of hydrogen-bond acceptors (Lipinski definition) is 3. The molecule has 0 saturated carbocycles. The summed E-state index contributed by atoms with van der Waals surface area (Å²) in [5.41, 5.74) is 9.27. The summed E-state index contributed by atoms with van der Waals surface area (Å²) >= 11 is 0. The molecule has 0 bridgehead atoms. The fourth-order valence-corrected chi connectivity index (χ4v) is 1.46. The fraction of sp³-hybridized carbons (Fsp3) is 0.400. The maximum Gasteiger partial charge on any atom is 0.161 e. The lowest BCUT2D eigenvalue weighted by molar-refractivity contribution is 0.171. The summed E-state index contributed by atoms with van der Waals surface area (Å²) in [7, 11) is 0. The Morgan fingerprint density at radius 3 is 2.80 bits per heavy atom. The van der Waals surface area contributed by atoms with Gasteiger partial charge in [-0.1, -0.05) is 18.1 Å². The van der Waals surface area contributed by atoms with E-state index in [1.54, 1.807) is 0 Å². The number of azide groups is 1. The first-order chi connectivity index (χ1) is 7.31. The van der Waals surface area contributed by atoms with Gasteiger partial charge in [0, 0.05) is 4.91 Å². The van der Waals surface area contributed by atoms with Crippen LogP contribution >= 0.6 is 0 Å². The van der Waals surface area contributed by atoms with Crippen molar-refractivity contribution in [1.82, 2.24) is 0 Å². The molecule has 0 N–H and O–H groups in total. The molecule has 0 aromatic heterocycles. The first-order valence-corrected chi connectivity index (χ1v) is 4.75. The number of benzene rings is 1. The van der Waals surface area contributed by atoms with Gasteiger partial charge in [-0.3, -0.25) is 0 Å².